The fourth-order valence-corrected chi connectivity index (χ4v) is 1.98. The molecule has 2 nitrogen and oxygen atoms in total. The maximum Gasteiger partial charge on any atom is 0.167 e. The minimum Gasteiger partial charge on any atom is -0.454 e. The molecule has 0 amide bonds. The van der Waals surface area contributed by atoms with E-state index < -0.39 is 0 Å². The predicted octanol–water partition coefficient (Wildman–Crippen LogP) is 4.29. The first kappa shape index (κ1) is 14.5. The number of para-hydroxylation sites is 1. The summed E-state index contributed by atoms with van der Waals surface area (Å²) in [6.45, 7) is 5.54. The molecule has 0 aliphatic rings. The third-order valence-corrected chi connectivity index (χ3v) is 3.17. The van der Waals surface area contributed by atoms with Crippen LogP contribution in [0.3, 0.4) is 0 Å². The summed E-state index contributed by atoms with van der Waals surface area (Å²) in [4.78, 5) is 0. The van der Waals surface area contributed by atoms with Gasteiger partial charge in [0.05, 0.1) is 0 Å². The molecule has 0 aliphatic heterocycles. The van der Waals surface area contributed by atoms with Crippen LogP contribution in [-0.4, -0.2) is 6.54 Å². The summed E-state index contributed by atoms with van der Waals surface area (Å²) in [6, 6.07) is 12.8. The highest BCUT2D eigenvalue weighted by Gasteiger charge is 2.10. The van der Waals surface area contributed by atoms with Crippen molar-refractivity contribution in [2.24, 2.45) is 0 Å². The molecular weight excluding hydrogens is 253 g/mol. The molecule has 0 aromatic heterocycles. The molecule has 1 N–H and O–H groups in total. The Morgan fingerprint density at radius 1 is 1.05 bits per heavy atom. The number of rotatable bonds is 6. The van der Waals surface area contributed by atoms with E-state index in [0.717, 1.165) is 18.5 Å². The number of hydrogen-bond acceptors (Lipinski definition) is 2. The summed E-state index contributed by atoms with van der Waals surface area (Å²) >= 11 is 0. The lowest BCUT2D eigenvalue weighted by Crippen LogP contribution is -2.12. The van der Waals surface area contributed by atoms with Crippen molar-refractivity contribution in [2.75, 3.05) is 6.54 Å². The van der Waals surface area contributed by atoms with E-state index in [4.69, 9.17) is 4.74 Å². The number of hydrogen-bond donors (Lipinski definition) is 1. The van der Waals surface area contributed by atoms with Gasteiger partial charge in [0.2, 0.25) is 0 Å². The molecule has 0 saturated carbocycles. The predicted molar refractivity (Wildman–Crippen MR) is 79.7 cm³/mol. The molecule has 0 unspecified atom stereocenters. The second-order valence-corrected chi connectivity index (χ2v) is 4.61. The molecule has 106 valence electrons. The van der Waals surface area contributed by atoms with Crippen molar-refractivity contribution in [2.45, 2.75) is 26.8 Å². The van der Waals surface area contributed by atoms with Crippen LogP contribution in [0.1, 0.15) is 25.0 Å². The highest BCUT2D eigenvalue weighted by molar-refractivity contribution is 5.39. The molecule has 0 fully saturated rings. The lowest BCUT2D eigenvalue weighted by atomic mass is 10.1. The van der Waals surface area contributed by atoms with Gasteiger partial charge >= 0.3 is 0 Å². The summed E-state index contributed by atoms with van der Waals surface area (Å²) in [6.07, 6.45) is 0.978. The van der Waals surface area contributed by atoms with Gasteiger partial charge in [-0.2, -0.15) is 0 Å². The Balaban J connectivity index is 2.22. The fraction of sp³-hybridized carbons (Fsp3) is 0.294. The van der Waals surface area contributed by atoms with Crippen molar-refractivity contribution >= 4 is 0 Å². The zero-order valence-electron chi connectivity index (χ0n) is 11.9. The van der Waals surface area contributed by atoms with Crippen molar-refractivity contribution in [1.29, 1.82) is 0 Å². The van der Waals surface area contributed by atoms with E-state index in [-0.39, 0.29) is 5.82 Å². The van der Waals surface area contributed by atoms with Crippen molar-refractivity contribution in [3.63, 3.8) is 0 Å². The Kier molecular flexibility index (Phi) is 5.13. The molecule has 0 heterocycles. The van der Waals surface area contributed by atoms with Crippen molar-refractivity contribution in [3.8, 4) is 11.5 Å². The third kappa shape index (κ3) is 3.58. The zero-order valence-corrected chi connectivity index (χ0v) is 11.9. The Labute approximate surface area is 119 Å². The molecular formula is C17H20FNO. The van der Waals surface area contributed by atoms with Crippen LogP contribution >= 0.6 is 0 Å². The van der Waals surface area contributed by atoms with E-state index in [2.05, 4.69) is 12.2 Å². The largest absolute Gasteiger partial charge is 0.454 e. The number of halogens is 1. The molecule has 0 aliphatic carbocycles. The van der Waals surface area contributed by atoms with Crippen LogP contribution in [0, 0.1) is 5.82 Å². The molecule has 20 heavy (non-hydrogen) atoms. The summed E-state index contributed by atoms with van der Waals surface area (Å²) in [7, 11) is 0. The molecule has 0 spiro atoms. The zero-order chi connectivity index (χ0) is 14.4. The molecule has 3 heteroatoms. The van der Waals surface area contributed by atoms with Crippen LogP contribution in [0.5, 0.6) is 11.5 Å². The SMILES string of the molecule is CCNCc1cccc(F)c1Oc1ccc(CC)cc1. The third-order valence-electron chi connectivity index (χ3n) is 3.17. The minimum atomic E-state index is -0.333. The molecule has 0 saturated heterocycles. The first-order valence-electron chi connectivity index (χ1n) is 6.99. The van der Waals surface area contributed by atoms with Crippen LogP contribution in [0.4, 0.5) is 4.39 Å². The summed E-state index contributed by atoms with van der Waals surface area (Å²) in [5, 5.41) is 3.19. The Bertz CT molecular complexity index is 551. The Morgan fingerprint density at radius 2 is 1.80 bits per heavy atom. The van der Waals surface area contributed by atoms with Gasteiger partial charge in [0.25, 0.3) is 0 Å². The average Bonchev–Trinajstić information content (AvgIpc) is 2.48. The standard InChI is InChI=1S/C17H20FNO/c1-3-13-8-10-15(11-9-13)20-17-14(12-19-4-2)6-5-7-16(17)18/h5-11,19H,3-4,12H2,1-2H3. The number of ether oxygens (including phenoxy) is 1. The molecule has 2 aromatic rings. The average molecular weight is 273 g/mol. The van der Waals surface area contributed by atoms with Gasteiger partial charge in [-0.3, -0.25) is 0 Å². The van der Waals surface area contributed by atoms with Gasteiger partial charge in [0.15, 0.2) is 11.6 Å². The van der Waals surface area contributed by atoms with Gasteiger partial charge in [-0.05, 0) is 36.7 Å². The monoisotopic (exact) mass is 273 g/mol. The van der Waals surface area contributed by atoms with Crippen LogP contribution < -0.4 is 10.1 Å². The lowest BCUT2D eigenvalue weighted by Gasteiger charge is -2.12. The maximum atomic E-state index is 14.0. The normalized spacial score (nSPS) is 10.6. The highest BCUT2D eigenvalue weighted by Crippen LogP contribution is 2.28. The quantitative estimate of drug-likeness (QED) is 0.847. The maximum absolute atomic E-state index is 14.0. The fourth-order valence-electron chi connectivity index (χ4n) is 1.98. The van der Waals surface area contributed by atoms with Crippen molar-refractivity contribution in [3.05, 3.63) is 59.4 Å². The molecule has 0 bridgehead atoms. The Hall–Kier alpha value is -1.87. The van der Waals surface area contributed by atoms with Gasteiger partial charge in [-0.15, -0.1) is 0 Å². The second kappa shape index (κ2) is 7.06. The molecule has 2 rings (SSSR count). The second-order valence-electron chi connectivity index (χ2n) is 4.61. The summed E-state index contributed by atoms with van der Waals surface area (Å²) in [5.74, 6) is 0.628. The summed E-state index contributed by atoms with van der Waals surface area (Å²) < 4.78 is 19.7. The van der Waals surface area contributed by atoms with Crippen LogP contribution in [-0.2, 0) is 13.0 Å². The van der Waals surface area contributed by atoms with E-state index in [0.29, 0.717) is 18.0 Å². The smallest absolute Gasteiger partial charge is 0.167 e. The number of nitrogens with one attached hydrogen (secondary N) is 1. The number of aryl methyl sites for hydroxylation is 1. The minimum absolute atomic E-state index is 0.303. The highest BCUT2D eigenvalue weighted by atomic mass is 19.1. The van der Waals surface area contributed by atoms with Gasteiger partial charge in [0.1, 0.15) is 5.75 Å². The van der Waals surface area contributed by atoms with E-state index in [1.807, 2.05) is 37.3 Å². The van der Waals surface area contributed by atoms with E-state index in [1.165, 1.54) is 11.6 Å². The molecule has 0 atom stereocenters. The van der Waals surface area contributed by atoms with Gasteiger partial charge < -0.3 is 10.1 Å². The van der Waals surface area contributed by atoms with E-state index in [1.54, 1.807) is 6.07 Å². The first-order chi connectivity index (χ1) is 9.74. The van der Waals surface area contributed by atoms with Crippen molar-refractivity contribution in [1.82, 2.24) is 5.32 Å². The van der Waals surface area contributed by atoms with Gasteiger partial charge in [-0.25, -0.2) is 4.39 Å². The molecule has 0 radical (unpaired) electrons. The van der Waals surface area contributed by atoms with E-state index in [9.17, 15) is 4.39 Å². The van der Waals surface area contributed by atoms with Crippen LogP contribution in [0.2, 0.25) is 0 Å². The molecule has 2 aromatic carbocycles. The first-order valence-corrected chi connectivity index (χ1v) is 6.99. The van der Waals surface area contributed by atoms with Gasteiger partial charge in [-0.1, -0.05) is 38.1 Å². The van der Waals surface area contributed by atoms with Crippen LogP contribution in [0.15, 0.2) is 42.5 Å². The Morgan fingerprint density at radius 3 is 2.45 bits per heavy atom. The van der Waals surface area contributed by atoms with E-state index >= 15 is 0 Å². The van der Waals surface area contributed by atoms with Crippen molar-refractivity contribution < 1.29 is 9.13 Å². The topological polar surface area (TPSA) is 21.3 Å². The number of benzene rings is 2. The summed E-state index contributed by atoms with van der Waals surface area (Å²) in [5.41, 5.74) is 2.06. The van der Waals surface area contributed by atoms with Crippen LogP contribution in [0.25, 0.3) is 0 Å². The van der Waals surface area contributed by atoms with Gasteiger partial charge in [0, 0.05) is 12.1 Å². The lowest BCUT2D eigenvalue weighted by molar-refractivity contribution is 0.434.